The average molecular weight is 167 g/mol. The van der Waals surface area contributed by atoms with Gasteiger partial charge in [-0.1, -0.05) is 19.0 Å². The second-order valence-corrected chi connectivity index (χ2v) is 3.85. The van der Waals surface area contributed by atoms with Gasteiger partial charge in [0.15, 0.2) is 5.78 Å². The molecule has 0 aromatic carbocycles. The smallest absolute Gasteiger partial charge is 0.177 e. The van der Waals surface area contributed by atoms with Gasteiger partial charge in [0.2, 0.25) is 0 Å². The zero-order valence-corrected chi connectivity index (χ0v) is 7.57. The molecule has 1 fully saturated rings. The van der Waals surface area contributed by atoms with Crippen molar-refractivity contribution in [2.24, 2.45) is 22.9 Å². The number of Topliss-reactive ketones (excluding diaryl/α,β-unsaturated/α-hetero) is 1. The highest BCUT2D eigenvalue weighted by atomic mass is 16.6. The van der Waals surface area contributed by atoms with E-state index >= 15 is 0 Å². The summed E-state index contributed by atoms with van der Waals surface area (Å²) in [7, 11) is 0. The van der Waals surface area contributed by atoms with Crippen LogP contribution in [-0.2, 0) is 9.63 Å². The lowest BCUT2D eigenvalue weighted by Gasteiger charge is -2.42. The van der Waals surface area contributed by atoms with E-state index in [2.05, 4.69) is 19.0 Å². The van der Waals surface area contributed by atoms with Gasteiger partial charge >= 0.3 is 0 Å². The minimum atomic E-state index is 0.0567. The van der Waals surface area contributed by atoms with E-state index in [1.165, 1.54) is 0 Å². The summed E-state index contributed by atoms with van der Waals surface area (Å²) in [6.07, 6.45) is 0.180. The third kappa shape index (κ3) is 0.765. The molecule has 2 aliphatic rings. The largest absolute Gasteiger partial charge is 0.391 e. The van der Waals surface area contributed by atoms with E-state index in [0.717, 1.165) is 0 Å². The van der Waals surface area contributed by atoms with Gasteiger partial charge in [0.1, 0.15) is 11.8 Å². The van der Waals surface area contributed by atoms with Crippen LogP contribution in [0, 0.1) is 17.8 Å². The molecule has 66 valence electrons. The molecule has 0 amide bonds. The highest BCUT2D eigenvalue weighted by Gasteiger charge is 2.54. The van der Waals surface area contributed by atoms with Crippen molar-refractivity contribution in [3.8, 4) is 0 Å². The average Bonchev–Trinajstić information content (AvgIpc) is 2.43. The molecule has 1 heterocycles. The molecule has 3 heteroatoms. The first-order chi connectivity index (χ1) is 5.63. The maximum absolute atomic E-state index is 11.1. The van der Waals surface area contributed by atoms with Crippen molar-refractivity contribution in [2.45, 2.75) is 26.9 Å². The fourth-order valence-electron chi connectivity index (χ4n) is 2.15. The molecule has 1 aliphatic heterocycles. The van der Waals surface area contributed by atoms with E-state index < -0.39 is 0 Å². The highest BCUT2D eigenvalue weighted by Crippen LogP contribution is 2.46. The van der Waals surface area contributed by atoms with E-state index in [-0.39, 0.29) is 17.8 Å². The van der Waals surface area contributed by atoms with Gasteiger partial charge in [-0.05, 0) is 11.8 Å². The summed E-state index contributed by atoms with van der Waals surface area (Å²) in [5, 5.41) is 3.83. The Hall–Kier alpha value is -0.860. The zero-order chi connectivity index (χ0) is 8.88. The second-order valence-electron chi connectivity index (χ2n) is 3.85. The fourth-order valence-corrected chi connectivity index (χ4v) is 2.15. The Balaban J connectivity index is 2.18. The standard InChI is InChI=1S/C9H13NO2/c1-4-5(2)9-7(4)8(6(3)11)10-12-9/h4-5,7,9H,1-3H3/t4-,5+,7-,9-/m1/s1. The molecule has 0 aromatic rings. The molecule has 0 saturated heterocycles. The molecular weight excluding hydrogens is 154 g/mol. The summed E-state index contributed by atoms with van der Waals surface area (Å²) in [6.45, 7) is 5.85. The van der Waals surface area contributed by atoms with Gasteiger partial charge in [-0.2, -0.15) is 0 Å². The molecule has 0 unspecified atom stereocenters. The van der Waals surface area contributed by atoms with Crippen LogP contribution in [0.1, 0.15) is 20.8 Å². The number of ketones is 1. The van der Waals surface area contributed by atoms with Gasteiger partial charge < -0.3 is 4.84 Å². The summed E-state index contributed by atoms with van der Waals surface area (Å²) < 4.78 is 0. The molecule has 0 N–H and O–H groups in total. The molecule has 12 heavy (non-hydrogen) atoms. The van der Waals surface area contributed by atoms with Crippen molar-refractivity contribution < 1.29 is 9.63 Å². The van der Waals surface area contributed by atoms with Crippen LogP contribution in [0.3, 0.4) is 0 Å². The Kier molecular flexibility index (Phi) is 1.50. The maximum atomic E-state index is 11.1. The lowest BCUT2D eigenvalue weighted by molar-refractivity contribution is -0.112. The number of carbonyl (C=O) groups excluding carboxylic acids is 1. The van der Waals surface area contributed by atoms with Crippen molar-refractivity contribution in [1.29, 1.82) is 0 Å². The third-order valence-electron chi connectivity index (χ3n) is 3.22. The van der Waals surface area contributed by atoms with Crippen LogP contribution in [0.25, 0.3) is 0 Å². The summed E-state index contributed by atoms with van der Waals surface area (Å²) in [5.41, 5.74) is 0.644. The molecule has 1 saturated carbocycles. The first kappa shape index (κ1) is 7.77. The van der Waals surface area contributed by atoms with Gasteiger partial charge in [0.05, 0.1) is 5.92 Å². The number of nitrogens with zero attached hydrogens (tertiary/aromatic N) is 1. The van der Waals surface area contributed by atoms with Crippen molar-refractivity contribution in [2.75, 3.05) is 0 Å². The molecule has 3 nitrogen and oxygen atoms in total. The summed E-state index contributed by atoms with van der Waals surface area (Å²) >= 11 is 0. The lowest BCUT2D eigenvalue weighted by Crippen LogP contribution is -2.50. The minimum absolute atomic E-state index is 0.0567. The Bertz CT molecular complexity index is 259. The molecule has 4 atom stereocenters. The van der Waals surface area contributed by atoms with E-state index in [0.29, 0.717) is 17.5 Å². The quantitative estimate of drug-likeness (QED) is 0.589. The van der Waals surface area contributed by atoms with Gasteiger partial charge in [0.25, 0.3) is 0 Å². The SMILES string of the molecule is CC(=O)C1=NO[C@@H]2[C@@H](C)[C@@H](C)[C@H]12. The molecule has 1 aliphatic carbocycles. The molecular formula is C9H13NO2. The Labute approximate surface area is 71.8 Å². The van der Waals surface area contributed by atoms with Crippen LogP contribution < -0.4 is 0 Å². The van der Waals surface area contributed by atoms with E-state index in [4.69, 9.17) is 4.84 Å². The van der Waals surface area contributed by atoms with E-state index in [1.54, 1.807) is 6.92 Å². The Morgan fingerprint density at radius 3 is 2.67 bits per heavy atom. The fraction of sp³-hybridized carbons (Fsp3) is 0.778. The monoisotopic (exact) mass is 167 g/mol. The number of oxime groups is 1. The summed E-state index contributed by atoms with van der Waals surface area (Å²) in [6, 6.07) is 0. The van der Waals surface area contributed by atoms with Gasteiger partial charge in [-0.25, -0.2) is 0 Å². The van der Waals surface area contributed by atoms with E-state index in [9.17, 15) is 4.79 Å². The summed E-state index contributed by atoms with van der Waals surface area (Å²) in [4.78, 5) is 16.3. The van der Waals surface area contributed by atoms with Crippen LogP contribution in [-0.4, -0.2) is 17.6 Å². The first-order valence-electron chi connectivity index (χ1n) is 4.37. The van der Waals surface area contributed by atoms with Gasteiger partial charge in [-0.15, -0.1) is 0 Å². The van der Waals surface area contributed by atoms with Crippen molar-refractivity contribution in [3.63, 3.8) is 0 Å². The van der Waals surface area contributed by atoms with Crippen LogP contribution in [0.4, 0.5) is 0 Å². The molecule has 0 bridgehead atoms. The molecule has 0 radical (unpaired) electrons. The van der Waals surface area contributed by atoms with Gasteiger partial charge in [0, 0.05) is 6.92 Å². The third-order valence-corrected chi connectivity index (χ3v) is 3.22. The van der Waals surface area contributed by atoms with Crippen molar-refractivity contribution in [1.82, 2.24) is 0 Å². The number of fused-ring (bicyclic) bond motifs is 1. The van der Waals surface area contributed by atoms with Crippen LogP contribution in [0.15, 0.2) is 5.16 Å². The predicted molar refractivity (Wildman–Crippen MR) is 44.8 cm³/mol. The maximum Gasteiger partial charge on any atom is 0.177 e. The Morgan fingerprint density at radius 2 is 2.08 bits per heavy atom. The van der Waals surface area contributed by atoms with Crippen LogP contribution >= 0.6 is 0 Å². The molecule has 0 spiro atoms. The normalized spacial score (nSPS) is 44.1. The minimum Gasteiger partial charge on any atom is -0.391 e. The number of hydrogen-bond donors (Lipinski definition) is 0. The van der Waals surface area contributed by atoms with E-state index in [1.807, 2.05) is 0 Å². The number of hydrogen-bond acceptors (Lipinski definition) is 3. The number of carbonyl (C=O) groups is 1. The lowest BCUT2D eigenvalue weighted by atomic mass is 9.62. The predicted octanol–water partition coefficient (Wildman–Crippen LogP) is 1.23. The second kappa shape index (κ2) is 2.31. The zero-order valence-electron chi connectivity index (χ0n) is 7.57. The topological polar surface area (TPSA) is 38.7 Å². The summed E-state index contributed by atoms with van der Waals surface area (Å²) in [5.74, 6) is 1.41. The van der Waals surface area contributed by atoms with Crippen molar-refractivity contribution in [3.05, 3.63) is 0 Å². The van der Waals surface area contributed by atoms with Crippen LogP contribution in [0.2, 0.25) is 0 Å². The van der Waals surface area contributed by atoms with Gasteiger partial charge in [-0.3, -0.25) is 4.79 Å². The number of rotatable bonds is 1. The van der Waals surface area contributed by atoms with Crippen molar-refractivity contribution >= 4 is 11.5 Å². The first-order valence-corrected chi connectivity index (χ1v) is 4.37. The highest BCUT2D eigenvalue weighted by molar-refractivity contribution is 6.40. The Morgan fingerprint density at radius 1 is 1.42 bits per heavy atom. The molecule has 0 aromatic heterocycles. The molecule has 2 rings (SSSR count). The van der Waals surface area contributed by atoms with Crippen LogP contribution in [0.5, 0.6) is 0 Å².